The van der Waals surface area contributed by atoms with Crippen LogP contribution in [0.5, 0.6) is 0 Å². The molecular weight excluding hydrogens is 138 g/mol. The minimum Gasteiger partial charge on any atom is -0.387 e. The molecule has 0 amide bonds. The van der Waals surface area contributed by atoms with Gasteiger partial charge in [0.2, 0.25) is 0 Å². The van der Waals surface area contributed by atoms with Crippen molar-refractivity contribution in [3.05, 3.63) is 36.2 Å². The van der Waals surface area contributed by atoms with Crippen LogP contribution in [0.3, 0.4) is 0 Å². The molecule has 2 heteroatoms. The van der Waals surface area contributed by atoms with E-state index in [1.165, 1.54) is 0 Å². The van der Waals surface area contributed by atoms with E-state index < -0.39 is 6.10 Å². The third-order valence-corrected chi connectivity index (χ3v) is 1.47. The summed E-state index contributed by atoms with van der Waals surface area (Å²) in [5.41, 5.74) is 1.67. The Kier molecular flexibility index (Phi) is 2.39. The van der Waals surface area contributed by atoms with Gasteiger partial charge in [-0.2, -0.15) is 0 Å². The number of pyridine rings is 1. The van der Waals surface area contributed by atoms with E-state index in [1.807, 2.05) is 12.1 Å². The first kappa shape index (κ1) is 7.95. The van der Waals surface area contributed by atoms with Gasteiger partial charge in [-0.05, 0) is 24.6 Å². The monoisotopic (exact) mass is 149 g/mol. The van der Waals surface area contributed by atoms with Gasteiger partial charge in [0, 0.05) is 6.20 Å². The Morgan fingerprint density at radius 2 is 2.45 bits per heavy atom. The second kappa shape index (κ2) is 3.30. The standard InChI is InChI=1S/C9H11NO/c1-3-8-4-5-10-9(6-8)7(2)11/h3-7,11H,1H2,2H3. The van der Waals surface area contributed by atoms with Crippen LogP contribution < -0.4 is 0 Å². The van der Waals surface area contributed by atoms with Crippen molar-refractivity contribution in [1.82, 2.24) is 4.98 Å². The maximum Gasteiger partial charge on any atom is 0.0931 e. The van der Waals surface area contributed by atoms with Crippen LogP contribution in [0, 0.1) is 0 Å². The highest BCUT2D eigenvalue weighted by Crippen LogP contribution is 2.10. The van der Waals surface area contributed by atoms with E-state index in [9.17, 15) is 0 Å². The minimum absolute atomic E-state index is 0.505. The van der Waals surface area contributed by atoms with Gasteiger partial charge < -0.3 is 5.11 Å². The van der Waals surface area contributed by atoms with Gasteiger partial charge in [0.05, 0.1) is 11.8 Å². The van der Waals surface area contributed by atoms with Gasteiger partial charge in [0.25, 0.3) is 0 Å². The van der Waals surface area contributed by atoms with E-state index in [2.05, 4.69) is 11.6 Å². The van der Waals surface area contributed by atoms with E-state index in [1.54, 1.807) is 19.2 Å². The van der Waals surface area contributed by atoms with Crippen LogP contribution in [-0.2, 0) is 0 Å². The molecule has 0 aromatic carbocycles. The number of rotatable bonds is 2. The first-order valence-corrected chi connectivity index (χ1v) is 3.50. The molecule has 0 aliphatic heterocycles. The molecule has 1 unspecified atom stereocenters. The van der Waals surface area contributed by atoms with Crippen LogP contribution in [0.25, 0.3) is 6.08 Å². The molecule has 1 aromatic rings. The average Bonchev–Trinajstić information content (AvgIpc) is 2.05. The third-order valence-electron chi connectivity index (χ3n) is 1.47. The van der Waals surface area contributed by atoms with Gasteiger partial charge >= 0.3 is 0 Å². The molecule has 1 atom stereocenters. The second-order valence-electron chi connectivity index (χ2n) is 2.39. The van der Waals surface area contributed by atoms with Crippen LogP contribution in [0.1, 0.15) is 24.3 Å². The fourth-order valence-electron chi connectivity index (χ4n) is 0.821. The maximum atomic E-state index is 9.15. The Balaban J connectivity index is 3.00. The van der Waals surface area contributed by atoms with Crippen molar-refractivity contribution in [2.24, 2.45) is 0 Å². The molecule has 0 radical (unpaired) electrons. The lowest BCUT2D eigenvalue weighted by Crippen LogP contribution is -1.94. The molecule has 1 rings (SSSR count). The predicted octanol–water partition coefficient (Wildman–Crippen LogP) is 1.78. The largest absolute Gasteiger partial charge is 0.387 e. The van der Waals surface area contributed by atoms with E-state index in [-0.39, 0.29) is 0 Å². The van der Waals surface area contributed by atoms with Crippen molar-refractivity contribution in [3.63, 3.8) is 0 Å². The average molecular weight is 149 g/mol. The van der Waals surface area contributed by atoms with Crippen LogP contribution in [0.4, 0.5) is 0 Å². The number of nitrogens with zero attached hydrogens (tertiary/aromatic N) is 1. The molecule has 0 aliphatic rings. The molecule has 0 fully saturated rings. The van der Waals surface area contributed by atoms with Crippen molar-refractivity contribution in [1.29, 1.82) is 0 Å². The molecule has 0 saturated heterocycles. The predicted molar refractivity (Wildman–Crippen MR) is 45.0 cm³/mol. The Morgan fingerprint density at radius 3 is 3.00 bits per heavy atom. The van der Waals surface area contributed by atoms with Gasteiger partial charge in [0.15, 0.2) is 0 Å². The number of hydrogen-bond donors (Lipinski definition) is 1. The van der Waals surface area contributed by atoms with Crippen LogP contribution in [-0.4, -0.2) is 10.1 Å². The first-order chi connectivity index (χ1) is 5.24. The van der Waals surface area contributed by atoms with Gasteiger partial charge in [-0.1, -0.05) is 12.7 Å². The molecule has 0 bridgehead atoms. The quantitative estimate of drug-likeness (QED) is 0.695. The fourth-order valence-corrected chi connectivity index (χ4v) is 0.821. The van der Waals surface area contributed by atoms with Gasteiger partial charge in [0.1, 0.15) is 0 Å². The first-order valence-electron chi connectivity index (χ1n) is 3.50. The van der Waals surface area contributed by atoms with Crippen LogP contribution >= 0.6 is 0 Å². The Hall–Kier alpha value is -1.15. The molecule has 58 valence electrons. The van der Waals surface area contributed by atoms with Gasteiger partial charge in [-0.25, -0.2) is 0 Å². The molecule has 0 aliphatic carbocycles. The second-order valence-corrected chi connectivity index (χ2v) is 2.39. The van der Waals surface area contributed by atoms with Crippen molar-refractivity contribution in [2.75, 3.05) is 0 Å². The van der Waals surface area contributed by atoms with Crippen LogP contribution in [0.15, 0.2) is 24.9 Å². The number of aromatic nitrogens is 1. The van der Waals surface area contributed by atoms with Crippen LogP contribution in [0.2, 0.25) is 0 Å². The number of aliphatic hydroxyl groups is 1. The third kappa shape index (κ3) is 1.88. The Labute approximate surface area is 66.2 Å². The molecule has 1 N–H and O–H groups in total. The lowest BCUT2D eigenvalue weighted by Gasteiger charge is -2.02. The van der Waals surface area contributed by atoms with Crippen molar-refractivity contribution in [3.8, 4) is 0 Å². The topological polar surface area (TPSA) is 33.1 Å². The molecular formula is C9H11NO. The summed E-state index contributed by atoms with van der Waals surface area (Å²) in [7, 11) is 0. The minimum atomic E-state index is -0.505. The Bertz CT molecular complexity index is 255. The zero-order valence-corrected chi connectivity index (χ0v) is 6.49. The van der Waals surface area contributed by atoms with Crippen molar-refractivity contribution < 1.29 is 5.11 Å². The van der Waals surface area contributed by atoms with Crippen molar-refractivity contribution >= 4 is 6.08 Å². The fraction of sp³-hybridized carbons (Fsp3) is 0.222. The molecule has 0 spiro atoms. The normalized spacial score (nSPS) is 12.5. The van der Waals surface area contributed by atoms with E-state index >= 15 is 0 Å². The lowest BCUT2D eigenvalue weighted by atomic mass is 10.2. The molecule has 2 nitrogen and oxygen atoms in total. The smallest absolute Gasteiger partial charge is 0.0931 e. The van der Waals surface area contributed by atoms with Gasteiger partial charge in [-0.3, -0.25) is 4.98 Å². The summed E-state index contributed by atoms with van der Waals surface area (Å²) in [6.07, 6.45) is 2.89. The summed E-state index contributed by atoms with van der Waals surface area (Å²) in [5.74, 6) is 0. The number of aliphatic hydroxyl groups excluding tert-OH is 1. The molecule has 0 saturated carbocycles. The Morgan fingerprint density at radius 1 is 1.73 bits per heavy atom. The molecule has 1 aromatic heterocycles. The van der Waals surface area contributed by atoms with Crippen molar-refractivity contribution in [2.45, 2.75) is 13.0 Å². The van der Waals surface area contributed by atoms with E-state index in [4.69, 9.17) is 5.11 Å². The molecule has 11 heavy (non-hydrogen) atoms. The van der Waals surface area contributed by atoms with E-state index in [0.717, 1.165) is 5.56 Å². The lowest BCUT2D eigenvalue weighted by molar-refractivity contribution is 0.194. The summed E-state index contributed by atoms with van der Waals surface area (Å²) >= 11 is 0. The maximum absolute atomic E-state index is 9.15. The summed E-state index contributed by atoms with van der Waals surface area (Å²) in [6.45, 7) is 5.31. The SMILES string of the molecule is C=Cc1ccnc(C(C)O)c1. The summed E-state index contributed by atoms with van der Waals surface area (Å²) in [4.78, 5) is 3.99. The highest BCUT2D eigenvalue weighted by molar-refractivity contribution is 5.46. The summed E-state index contributed by atoms with van der Waals surface area (Å²) in [5, 5.41) is 9.15. The summed E-state index contributed by atoms with van der Waals surface area (Å²) < 4.78 is 0. The number of hydrogen-bond acceptors (Lipinski definition) is 2. The molecule has 1 heterocycles. The summed E-state index contributed by atoms with van der Waals surface area (Å²) in [6, 6.07) is 3.66. The zero-order chi connectivity index (χ0) is 8.27. The van der Waals surface area contributed by atoms with E-state index in [0.29, 0.717) is 5.69 Å². The van der Waals surface area contributed by atoms with Gasteiger partial charge in [-0.15, -0.1) is 0 Å². The highest BCUT2D eigenvalue weighted by Gasteiger charge is 2.00. The zero-order valence-electron chi connectivity index (χ0n) is 6.49. The highest BCUT2D eigenvalue weighted by atomic mass is 16.3.